The SMILES string of the molecule is O=C(O)c1cnc2cc(Cl)nn2c1[C@@H]1CCOC1. The molecule has 6 nitrogen and oxygen atoms in total. The van der Waals surface area contributed by atoms with E-state index in [2.05, 4.69) is 10.1 Å². The number of nitrogens with zero attached hydrogens (tertiary/aromatic N) is 3. The van der Waals surface area contributed by atoms with E-state index in [1.165, 1.54) is 10.7 Å². The second-order valence-corrected chi connectivity index (χ2v) is 4.55. The van der Waals surface area contributed by atoms with Crippen molar-refractivity contribution in [2.45, 2.75) is 12.3 Å². The van der Waals surface area contributed by atoms with E-state index in [0.717, 1.165) is 6.42 Å². The molecule has 0 saturated carbocycles. The van der Waals surface area contributed by atoms with Gasteiger partial charge in [0.1, 0.15) is 0 Å². The van der Waals surface area contributed by atoms with Crippen LogP contribution in [0, 0.1) is 0 Å². The fraction of sp³-hybridized carbons (Fsp3) is 0.364. The highest BCUT2D eigenvalue weighted by Crippen LogP contribution is 2.28. The van der Waals surface area contributed by atoms with Crippen molar-refractivity contribution < 1.29 is 14.6 Å². The second kappa shape index (κ2) is 4.22. The summed E-state index contributed by atoms with van der Waals surface area (Å²) in [5.41, 5.74) is 1.31. The summed E-state index contributed by atoms with van der Waals surface area (Å²) in [7, 11) is 0. The summed E-state index contributed by atoms with van der Waals surface area (Å²) in [6.07, 6.45) is 2.13. The maximum absolute atomic E-state index is 11.3. The molecule has 0 spiro atoms. The number of fused-ring (bicyclic) bond motifs is 1. The molecule has 0 aliphatic carbocycles. The number of hydrogen-bond acceptors (Lipinski definition) is 4. The van der Waals surface area contributed by atoms with E-state index in [1.807, 2.05) is 0 Å². The maximum Gasteiger partial charge on any atom is 0.339 e. The number of ether oxygens (including phenoxy) is 1. The topological polar surface area (TPSA) is 76.7 Å². The fourth-order valence-electron chi connectivity index (χ4n) is 2.23. The Labute approximate surface area is 107 Å². The van der Waals surface area contributed by atoms with Crippen molar-refractivity contribution in [3.63, 3.8) is 0 Å². The zero-order valence-corrected chi connectivity index (χ0v) is 10.1. The van der Waals surface area contributed by atoms with E-state index in [4.69, 9.17) is 16.3 Å². The zero-order chi connectivity index (χ0) is 12.7. The lowest BCUT2D eigenvalue weighted by Gasteiger charge is -2.12. The van der Waals surface area contributed by atoms with Gasteiger partial charge >= 0.3 is 5.97 Å². The molecule has 18 heavy (non-hydrogen) atoms. The highest BCUT2D eigenvalue weighted by atomic mass is 35.5. The minimum atomic E-state index is -1.02. The smallest absolute Gasteiger partial charge is 0.339 e. The molecule has 2 aromatic rings. The minimum Gasteiger partial charge on any atom is -0.478 e. The van der Waals surface area contributed by atoms with Crippen LogP contribution in [0.25, 0.3) is 5.65 Å². The molecule has 2 aromatic heterocycles. The van der Waals surface area contributed by atoms with E-state index >= 15 is 0 Å². The molecule has 3 heterocycles. The van der Waals surface area contributed by atoms with Crippen molar-refractivity contribution in [2.75, 3.05) is 13.2 Å². The Balaban J connectivity index is 2.27. The molecule has 0 aromatic carbocycles. The van der Waals surface area contributed by atoms with Crippen LogP contribution in [-0.2, 0) is 4.74 Å². The van der Waals surface area contributed by atoms with Gasteiger partial charge in [0.2, 0.25) is 0 Å². The van der Waals surface area contributed by atoms with Crippen LogP contribution in [0.15, 0.2) is 12.3 Å². The summed E-state index contributed by atoms with van der Waals surface area (Å²) < 4.78 is 6.82. The van der Waals surface area contributed by atoms with Crippen LogP contribution in [0.4, 0.5) is 0 Å². The minimum absolute atomic E-state index is 0.0116. The van der Waals surface area contributed by atoms with Crippen LogP contribution < -0.4 is 0 Å². The van der Waals surface area contributed by atoms with Crippen LogP contribution in [0.5, 0.6) is 0 Å². The number of carboxylic acids is 1. The molecule has 94 valence electrons. The molecule has 0 unspecified atom stereocenters. The molecule has 1 fully saturated rings. The van der Waals surface area contributed by atoms with Gasteiger partial charge in [-0.25, -0.2) is 14.3 Å². The number of rotatable bonds is 2. The zero-order valence-electron chi connectivity index (χ0n) is 9.34. The lowest BCUT2D eigenvalue weighted by Crippen LogP contribution is -2.14. The van der Waals surface area contributed by atoms with Gasteiger partial charge in [-0.1, -0.05) is 11.6 Å². The summed E-state index contributed by atoms with van der Waals surface area (Å²) in [6, 6.07) is 1.60. The molecule has 1 aliphatic heterocycles. The van der Waals surface area contributed by atoms with E-state index in [0.29, 0.717) is 29.7 Å². The van der Waals surface area contributed by atoms with Crippen LogP contribution in [-0.4, -0.2) is 38.9 Å². The van der Waals surface area contributed by atoms with Gasteiger partial charge in [-0.3, -0.25) is 0 Å². The summed E-state index contributed by atoms with van der Waals surface area (Å²) >= 11 is 5.84. The van der Waals surface area contributed by atoms with Gasteiger partial charge in [0, 0.05) is 24.8 Å². The number of aromatic nitrogens is 3. The molecule has 0 amide bonds. The van der Waals surface area contributed by atoms with Gasteiger partial charge in [0.25, 0.3) is 0 Å². The Morgan fingerprint density at radius 1 is 1.61 bits per heavy atom. The number of hydrogen-bond donors (Lipinski definition) is 1. The van der Waals surface area contributed by atoms with Gasteiger partial charge in [-0.2, -0.15) is 5.10 Å². The van der Waals surface area contributed by atoms with Crippen LogP contribution in [0.3, 0.4) is 0 Å². The highest BCUT2D eigenvalue weighted by Gasteiger charge is 2.27. The van der Waals surface area contributed by atoms with E-state index in [-0.39, 0.29) is 11.5 Å². The predicted molar refractivity (Wildman–Crippen MR) is 63.1 cm³/mol. The third-order valence-corrected chi connectivity index (χ3v) is 3.22. The van der Waals surface area contributed by atoms with Crippen molar-refractivity contribution in [2.24, 2.45) is 0 Å². The molecular formula is C11H10ClN3O3. The Hall–Kier alpha value is -1.66. The molecule has 0 radical (unpaired) electrons. The van der Waals surface area contributed by atoms with Crippen molar-refractivity contribution >= 4 is 23.2 Å². The molecule has 1 N–H and O–H groups in total. The summed E-state index contributed by atoms with van der Waals surface area (Å²) in [6.45, 7) is 1.12. The Morgan fingerprint density at radius 2 is 2.44 bits per heavy atom. The summed E-state index contributed by atoms with van der Waals surface area (Å²) in [4.78, 5) is 15.3. The van der Waals surface area contributed by atoms with Gasteiger partial charge in [0.05, 0.1) is 17.9 Å². The Kier molecular flexibility index (Phi) is 2.68. The van der Waals surface area contributed by atoms with Crippen molar-refractivity contribution in [3.8, 4) is 0 Å². The lowest BCUT2D eigenvalue weighted by molar-refractivity contribution is 0.0693. The molecule has 1 atom stereocenters. The molecular weight excluding hydrogens is 258 g/mol. The van der Waals surface area contributed by atoms with Crippen molar-refractivity contribution in [1.29, 1.82) is 0 Å². The third kappa shape index (κ3) is 1.74. The normalized spacial score (nSPS) is 19.5. The first kappa shape index (κ1) is 11.4. The molecule has 0 bridgehead atoms. The summed E-state index contributed by atoms with van der Waals surface area (Å²) in [5.74, 6) is -1.00. The maximum atomic E-state index is 11.3. The predicted octanol–water partition coefficient (Wildman–Crippen LogP) is 1.58. The first-order valence-electron chi connectivity index (χ1n) is 5.52. The molecule has 1 saturated heterocycles. The quantitative estimate of drug-likeness (QED) is 0.894. The van der Waals surface area contributed by atoms with Crippen molar-refractivity contribution in [1.82, 2.24) is 14.6 Å². The monoisotopic (exact) mass is 267 g/mol. The van der Waals surface area contributed by atoms with E-state index in [1.54, 1.807) is 6.07 Å². The third-order valence-electron chi connectivity index (χ3n) is 3.04. The first-order chi connectivity index (χ1) is 8.66. The largest absolute Gasteiger partial charge is 0.478 e. The number of carbonyl (C=O) groups is 1. The lowest BCUT2D eigenvalue weighted by atomic mass is 10.0. The average Bonchev–Trinajstić information content (AvgIpc) is 2.93. The van der Waals surface area contributed by atoms with Crippen LogP contribution >= 0.6 is 11.6 Å². The molecule has 7 heteroatoms. The van der Waals surface area contributed by atoms with Gasteiger partial charge in [0.15, 0.2) is 10.8 Å². The number of aromatic carboxylic acids is 1. The number of carboxylic acid groups (broad SMARTS) is 1. The average molecular weight is 268 g/mol. The highest BCUT2D eigenvalue weighted by molar-refractivity contribution is 6.29. The molecule has 3 rings (SSSR count). The molecule has 1 aliphatic rings. The second-order valence-electron chi connectivity index (χ2n) is 4.16. The Morgan fingerprint density at radius 3 is 3.11 bits per heavy atom. The fourth-order valence-corrected chi connectivity index (χ4v) is 2.40. The van der Waals surface area contributed by atoms with Crippen LogP contribution in [0.1, 0.15) is 28.4 Å². The Bertz CT molecular complexity index is 619. The standard InChI is InChI=1S/C11H10ClN3O3/c12-8-3-9-13-4-7(11(16)17)10(15(9)14-8)6-1-2-18-5-6/h3-4,6H,1-2,5H2,(H,16,17)/t6-/m1/s1. The van der Waals surface area contributed by atoms with E-state index in [9.17, 15) is 9.90 Å². The van der Waals surface area contributed by atoms with Gasteiger partial charge in [-0.05, 0) is 6.42 Å². The van der Waals surface area contributed by atoms with Gasteiger partial charge < -0.3 is 9.84 Å². The number of halogens is 1. The van der Waals surface area contributed by atoms with Crippen LogP contribution in [0.2, 0.25) is 5.15 Å². The first-order valence-corrected chi connectivity index (χ1v) is 5.90. The van der Waals surface area contributed by atoms with Crippen molar-refractivity contribution in [3.05, 3.63) is 28.7 Å². The van der Waals surface area contributed by atoms with Gasteiger partial charge in [-0.15, -0.1) is 0 Å². The van der Waals surface area contributed by atoms with E-state index < -0.39 is 5.97 Å². The summed E-state index contributed by atoms with van der Waals surface area (Å²) in [5, 5.41) is 13.6.